The molecule has 2 aliphatic rings. The van der Waals surface area contributed by atoms with Crippen molar-refractivity contribution in [3.05, 3.63) is 35.6 Å². The number of carboxylic acid groups (broad SMARTS) is 1. The van der Waals surface area contributed by atoms with Crippen LogP contribution in [-0.2, 0) is 21.2 Å². The summed E-state index contributed by atoms with van der Waals surface area (Å²) in [6.45, 7) is 1.39. The maximum Gasteiger partial charge on any atom is 0.317 e. The third-order valence-corrected chi connectivity index (χ3v) is 6.22. The highest BCUT2D eigenvalue weighted by Crippen LogP contribution is 2.28. The van der Waals surface area contributed by atoms with Gasteiger partial charge in [-0.25, -0.2) is 12.8 Å². The van der Waals surface area contributed by atoms with Gasteiger partial charge >= 0.3 is 5.97 Å². The Kier molecular flexibility index (Phi) is 4.39. The standard InChI is InChI=1S/C15H19FN2O4S/c16-12-3-1-2-11(6-12)7-17-4-5-18(8-15(19)20)14-10-23(21,22)9-13(14)17/h1-3,6,13-14H,4-5,7-10H2,(H,19,20)/t13-,14+/m1/s1. The van der Waals surface area contributed by atoms with Crippen molar-refractivity contribution in [2.45, 2.75) is 18.6 Å². The quantitative estimate of drug-likeness (QED) is 0.842. The summed E-state index contributed by atoms with van der Waals surface area (Å²) in [6.07, 6.45) is 0. The predicted octanol–water partition coefficient (Wildman–Crippen LogP) is 0.194. The molecule has 0 saturated carbocycles. The summed E-state index contributed by atoms with van der Waals surface area (Å²) in [4.78, 5) is 14.7. The van der Waals surface area contributed by atoms with Gasteiger partial charge < -0.3 is 5.11 Å². The van der Waals surface area contributed by atoms with Crippen LogP contribution in [0.4, 0.5) is 4.39 Å². The average molecular weight is 342 g/mol. The van der Waals surface area contributed by atoms with Crippen molar-refractivity contribution < 1.29 is 22.7 Å². The van der Waals surface area contributed by atoms with Gasteiger partial charge in [0.25, 0.3) is 0 Å². The Hall–Kier alpha value is -1.51. The van der Waals surface area contributed by atoms with Crippen LogP contribution < -0.4 is 0 Å². The van der Waals surface area contributed by atoms with E-state index in [4.69, 9.17) is 5.11 Å². The van der Waals surface area contributed by atoms with Crippen LogP contribution >= 0.6 is 0 Å². The van der Waals surface area contributed by atoms with E-state index < -0.39 is 15.8 Å². The number of halogens is 1. The van der Waals surface area contributed by atoms with Crippen LogP contribution in [0.1, 0.15) is 5.56 Å². The first-order chi connectivity index (χ1) is 10.8. The summed E-state index contributed by atoms with van der Waals surface area (Å²) in [5, 5.41) is 9.00. The minimum Gasteiger partial charge on any atom is -0.480 e. The third kappa shape index (κ3) is 3.70. The van der Waals surface area contributed by atoms with E-state index in [1.165, 1.54) is 12.1 Å². The Morgan fingerprint density at radius 1 is 1.22 bits per heavy atom. The van der Waals surface area contributed by atoms with Crippen LogP contribution in [0.5, 0.6) is 0 Å². The maximum atomic E-state index is 13.3. The van der Waals surface area contributed by atoms with E-state index in [0.29, 0.717) is 19.6 Å². The van der Waals surface area contributed by atoms with Crippen LogP contribution in [0.15, 0.2) is 24.3 Å². The van der Waals surface area contributed by atoms with E-state index >= 15 is 0 Å². The number of benzene rings is 1. The van der Waals surface area contributed by atoms with E-state index in [2.05, 4.69) is 0 Å². The molecule has 1 aromatic rings. The second kappa shape index (κ2) is 6.18. The van der Waals surface area contributed by atoms with E-state index in [-0.39, 0.29) is 36.0 Å². The van der Waals surface area contributed by atoms with E-state index in [0.717, 1.165) is 5.56 Å². The molecule has 6 nitrogen and oxygen atoms in total. The van der Waals surface area contributed by atoms with Crippen LogP contribution in [0.3, 0.4) is 0 Å². The average Bonchev–Trinajstić information content (AvgIpc) is 2.77. The molecule has 0 aromatic heterocycles. The van der Waals surface area contributed by atoms with Gasteiger partial charge in [0.1, 0.15) is 5.82 Å². The fraction of sp³-hybridized carbons (Fsp3) is 0.533. The highest BCUT2D eigenvalue weighted by atomic mass is 32.2. The van der Waals surface area contributed by atoms with Crippen molar-refractivity contribution in [1.29, 1.82) is 0 Å². The number of hydrogen-bond acceptors (Lipinski definition) is 5. The van der Waals surface area contributed by atoms with Crippen molar-refractivity contribution in [1.82, 2.24) is 9.80 Å². The fourth-order valence-electron chi connectivity index (χ4n) is 3.53. The number of sulfone groups is 1. The zero-order chi connectivity index (χ0) is 16.6. The Morgan fingerprint density at radius 2 is 1.87 bits per heavy atom. The van der Waals surface area contributed by atoms with Crippen molar-refractivity contribution in [2.24, 2.45) is 0 Å². The molecule has 0 unspecified atom stereocenters. The molecule has 0 bridgehead atoms. The largest absolute Gasteiger partial charge is 0.480 e. The van der Waals surface area contributed by atoms with Gasteiger partial charge in [0.05, 0.1) is 18.1 Å². The van der Waals surface area contributed by atoms with E-state index in [1.807, 2.05) is 11.0 Å². The fourth-order valence-corrected chi connectivity index (χ4v) is 5.58. The number of carboxylic acids is 1. The number of piperazine rings is 1. The molecule has 3 rings (SSSR count). The molecule has 1 aromatic carbocycles. The van der Waals surface area contributed by atoms with Crippen LogP contribution in [0.2, 0.25) is 0 Å². The normalized spacial score (nSPS) is 27.7. The van der Waals surface area contributed by atoms with Gasteiger partial charge in [0, 0.05) is 31.7 Å². The van der Waals surface area contributed by atoms with E-state index in [1.54, 1.807) is 11.0 Å². The minimum absolute atomic E-state index is 0.00933. The summed E-state index contributed by atoms with van der Waals surface area (Å²) < 4.78 is 37.4. The highest BCUT2D eigenvalue weighted by molar-refractivity contribution is 7.91. The third-order valence-electron chi connectivity index (χ3n) is 4.52. The number of nitrogens with zero attached hydrogens (tertiary/aromatic N) is 2. The molecule has 2 saturated heterocycles. The molecular formula is C15H19FN2O4S. The van der Waals surface area contributed by atoms with Gasteiger partial charge in [-0.1, -0.05) is 12.1 Å². The second-order valence-corrected chi connectivity index (χ2v) is 8.33. The minimum atomic E-state index is -3.18. The molecule has 2 atom stereocenters. The highest BCUT2D eigenvalue weighted by Gasteiger charge is 2.46. The summed E-state index contributed by atoms with van der Waals surface area (Å²) in [7, 11) is -3.18. The van der Waals surface area contributed by atoms with Gasteiger partial charge in [-0.3, -0.25) is 14.6 Å². The number of hydrogen-bond donors (Lipinski definition) is 1. The molecule has 23 heavy (non-hydrogen) atoms. The predicted molar refractivity (Wildman–Crippen MR) is 82.2 cm³/mol. The lowest BCUT2D eigenvalue weighted by Gasteiger charge is -2.43. The Morgan fingerprint density at radius 3 is 2.52 bits per heavy atom. The first-order valence-corrected chi connectivity index (χ1v) is 9.31. The van der Waals surface area contributed by atoms with Gasteiger partial charge in [-0.15, -0.1) is 0 Å². The molecular weight excluding hydrogens is 323 g/mol. The molecule has 8 heteroatoms. The van der Waals surface area contributed by atoms with Crippen LogP contribution in [0, 0.1) is 5.82 Å². The van der Waals surface area contributed by atoms with Gasteiger partial charge in [0.15, 0.2) is 9.84 Å². The Balaban J connectivity index is 1.79. The smallest absolute Gasteiger partial charge is 0.317 e. The van der Waals surface area contributed by atoms with Gasteiger partial charge in [-0.05, 0) is 17.7 Å². The molecule has 126 valence electrons. The summed E-state index contributed by atoms with van der Waals surface area (Å²) in [6, 6.07) is 5.72. The van der Waals surface area contributed by atoms with Gasteiger partial charge in [0.2, 0.25) is 0 Å². The molecule has 0 radical (unpaired) electrons. The number of carbonyl (C=O) groups is 1. The maximum absolute atomic E-state index is 13.3. The number of fused-ring (bicyclic) bond motifs is 1. The lowest BCUT2D eigenvalue weighted by atomic mass is 10.0. The Labute approximate surface area is 134 Å². The van der Waals surface area contributed by atoms with Crippen molar-refractivity contribution in [3.63, 3.8) is 0 Å². The lowest BCUT2D eigenvalue weighted by molar-refractivity contribution is -0.139. The molecule has 1 N–H and O–H groups in total. The monoisotopic (exact) mass is 342 g/mol. The summed E-state index contributed by atoms with van der Waals surface area (Å²) in [5.74, 6) is -1.25. The number of rotatable bonds is 4. The second-order valence-electron chi connectivity index (χ2n) is 6.18. The first-order valence-electron chi connectivity index (χ1n) is 7.49. The number of aliphatic carboxylic acids is 1. The molecule has 0 aliphatic carbocycles. The Bertz CT molecular complexity index is 709. The summed E-state index contributed by atoms with van der Waals surface area (Å²) in [5.41, 5.74) is 0.791. The van der Waals surface area contributed by atoms with Crippen LogP contribution in [-0.4, -0.2) is 72.5 Å². The molecule has 2 heterocycles. The molecule has 0 spiro atoms. The van der Waals surface area contributed by atoms with Gasteiger partial charge in [-0.2, -0.15) is 0 Å². The zero-order valence-electron chi connectivity index (χ0n) is 12.6. The molecule has 2 fully saturated rings. The topological polar surface area (TPSA) is 77.9 Å². The summed E-state index contributed by atoms with van der Waals surface area (Å²) >= 11 is 0. The SMILES string of the molecule is O=C(O)CN1CCN(Cc2cccc(F)c2)[C@@H]2CS(=O)(=O)C[C@@H]21. The van der Waals surface area contributed by atoms with Crippen molar-refractivity contribution in [2.75, 3.05) is 31.1 Å². The molecule has 2 aliphatic heterocycles. The lowest BCUT2D eigenvalue weighted by Crippen LogP contribution is -2.59. The molecule has 0 amide bonds. The van der Waals surface area contributed by atoms with Crippen molar-refractivity contribution in [3.8, 4) is 0 Å². The first kappa shape index (κ1) is 16.4. The zero-order valence-corrected chi connectivity index (χ0v) is 13.4. The van der Waals surface area contributed by atoms with E-state index in [9.17, 15) is 17.6 Å². The van der Waals surface area contributed by atoms with Crippen LogP contribution in [0.25, 0.3) is 0 Å². The van der Waals surface area contributed by atoms with Crippen molar-refractivity contribution >= 4 is 15.8 Å².